The Labute approximate surface area is 70.0 Å². The lowest BCUT2D eigenvalue weighted by Crippen LogP contribution is -2.03. The molecule has 68 valence electrons. The Kier molecular flexibility index (Phi) is 2.46. The molecule has 6 heteroatoms. The quantitative estimate of drug-likeness (QED) is 0.712. The van der Waals surface area contributed by atoms with Crippen LogP contribution < -0.4 is 0 Å². The van der Waals surface area contributed by atoms with Crippen LogP contribution in [0.2, 0.25) is 0 Å². The molecule has 0 radical (unpaired) electrons. The van der Waals surface area contributed by atoms with E-state index in [0.29, 0.717) is 5.69 Å². The summed E-state index contributed by atoms with van der Waals surface area (Å²) < 4.78 is 32.3. The van der Waals surface area contributed by atoms with Gasteiger partial charge in [0.1, 0.15) is 0 Å². The lowest BCUT2D eigenvalue weighted by Gasteiger charge is -1.93. The minimum absolute atomic E-state index is 0.119. The van der Waals surface area contributed by atoms with Crippen LogP contribution in [0.15, 0.2) is 6.33 Å². The summed E-state index contributed by atoms with van der Waals surface area (Å²) in [5, 5.41) is 0. The molecule has 0 aromatic carbocycles. The molecule has 0 aliphatic carbocycles. The van der Waals surface area contributed by atoms with Gasteiger partial charge in [0.25, 0.3) is 0 Å². The number of nitrogens with zero attached hydrogens (tertiary/aromatic N) is 1. The van der Waals surface area contributed by atoms with E-state index in [-0.39, 0.29) is 6.42 Å². The van der Waals surface area contributed by atoms with Gasteiger partial charge in [-0.25, -0.2) is 4.98 Å². The maximum Gasteiger partial charge on any atom is 0.302 e. The van der Waals surface area contributed by atoms with E-state index in [9.17, 15) is 12.3 Å². The summed E-state index contributed by atoms with van der Waals surface area (Å²) in [5.74, 6) is -0.501. The Morgan fingerprint density at radius 1 is 1.67 bits per heavy atom. The molecule has 0 saturated carbocycles. The van der Waals surface area contributed by atoms with Crippen LogP contribution in [0.5, 0.6) is 0 Å². The first-order valence-electron chi connectivity index (χ1n) is 3.40. The molecule has 0 bridgehead atoms. The number of aromatic amines is 1. The minimum Gasteiger partial charge on any atom is -0.348 e. The molecule has 0 fully saturated rings. The minimum atomic E-state index is -4.37. The van der Waals surface area contributed by atoms with Crippen molar-refractivity contribution in [3.8, 4) is 0 Å². The number of hydrogen-bond donors (Lipinski definition) is 1. The zero-order valence-corrected chi connectivity index (χ0v) is 7.36. The van der Waals surface area contributed by atoms with Crippen molar-refractivity contribution in [2.45, 2.75) is 13.3 Å². The molecule has 1 aromatic rings. The first-order chi connectivity index (χ1) is 5.49. The van der Waals surface area contributed by atoms with Gasteiger partial charge >= 0.3 is 10.2 Å². The molecule has 0 unspecified atom stereocenters. The first-order valence-corrected chi connectivity index (χ1v) is 4.95. The normalized spacial score (nSPS) is 11.8. The van der Waals surface area contributed by atoms with Gasteiger partial charge in [0.15, 0.2) is 0 Å². The molecule has 1 aromatic heterocycles. The summed E-state index contributed by atoms with van der Waals surface area (Å²) >= 11 is 0. The van der Waals surface area contributed by atoms with Crippen LogP contribution in [0.4, 0.5) is 3.89 Å². The standard InChI is InChI=1S/C6H9FN2O2S/c1-5-6(9-4-8-5)2-3-12(7,10)11/h4H,2-3H2,1H3,(H,8,9). The van der Waals surface area contributed by atoms with Crippen LogP contribution in [-0.2, 0) is 16.6 Å². The maximum atomic E-state index is 12.0. The zero-order valence-electron chi connectivity index (χ0n) is 6.54. The molecule has 0 spiro atoms. The Hall–Kier alpha value is -0.910. The van der Waals surface area contributed by atoms with Crippen LogP contribution in [0.3, 0.4) is 0 Å². The Morgan fingerprint density at radius 2 is 2.33 bits per heavy atom. The molecular weight excluding hydrogens is 183 g/mol. The van der Waals surface area contributed by atoms with E-state index >= 15 is 0 Å². The third-order valence-corrected chi connectivity index (χ3v) is 2.21. The molecular formula is C6H9FN2O2S. The van der Waals surface area contributed by atoms with Crippen molar-refractivity contribution in [1.29, 1.82) is 0 Å². The summed E-state index contributed by atoms with van der Waals surface area (Å²) in [6, 6.07) is 0. The number of nitrogens with one attached hydrogen (secondary N) is 1. The molecule has 1 N–H and O–H groups in total. The van der Waals surface area contributed by atoms with Gasteiger partial charge in [-0.15, -0.1) is 3.89 Å². The maximum absolute atomic E-state index is 12.0. The van der Waals surface area contributed by atoms with Gasteiger partial charge in [-0.2, -0.15) is 8.42 Å². The summed E-state index contributed by atoms with van der Waals surface area (Å²) in [7, 11) is -4.37. The molecule has 1 heterocycles. The highest BCUT2D eigenvalue weighted by molar-refractivity contribution is 7.86. The number of rotatable bonds is 3. The second kappa shape index (κ2) is 3.22. The first kappa shape index (κ1) is 9.18. The van der Waals surface area contributed by atoms with Crippen molar-refractivity contribution in [1.82, 2.24) is 9.97 Å². The molecule has 0 aliphatic heterocycles. The van der Waals surface area contributed by atoms with Crippen LogP contribution in [0.1, 0.15) is 11.4 Å². The molecule has 0 atom stereocenters. The molecule has 1 rings (SSSR count). The Balaban J connectivity index is 2.61. The van der Waals surface area contributed by atoms with E-state index in [0.717, 1.165) is 5.69 Å². The summed E-state index contributed by atoms with van der Waals surface area (Å²) in [5.41, 5.74) is 1.37. The third kappa shape index (κ3) is 2.61. The monoisotopic (exact) mass is 192 g/mol. The fourth-order valence-electron chi connectivity index (χ4n) is 0.858. The number of hydrogen-bond acceptors (Lipinski definition) is 3. The van der Waals surface area contributed by atoms with Gasteiger partial charge in [0.2, 0.25) is 0 Å². The van der Waals surface area contributed by atoms with Crippen molar-refractivity contribution in [2.75, 3.05) is 5.75 Å². The van der Waals surface area contributed by atoms with Gasteiger partial charge in [-0.1, -0.05) is 0 Å². The highest BCUT2D eigenvalue weighted by atomic mass is 32.3. The van der Waals surface area contributed by atoms with E-state index in [1.807, 2.05) is 0 Å². The zero-order chi connectivity index (χ0) is 9.19. The van der Waals surface area contributed by atoms with Crippen molar-refractivity contribution < 1.29 is 12.3 Å². The average Bonchev–Trinajstić information content (AvgIpc) is 2.29. The van der Waals surface area contributed by atoms with Crippen LogP contribution >= 0.6 is 0 Å². The van der Waals surface area contributed by atoms with E-state index in [1.165, 1.54) is 6.33 Å². The third-order valence-electron chi connectivity index (χ3n) is 1.52. The number of aryl methyl sites for hydroxylation is 2. The lowest BCUT2D eigenvalue weighted by atomic mass is 10.3. The van der Waals surface area contributed by atoms with Gasteiger partial charge in [0, 0.05) is 12.1 Å². The van der Waals surface area contributed by atoms with E-state index in [2.05, 4.69) is 9.97 Å². The molecule has 0 saturated heterocycles. The topological polar surface area (TPSA) is 62.8 Å². The molecule has 12 heavy (non-hydrogen) atoms. The predicted octanol–water partition coefficient (Wildman–Crippen LogP) is 0.560. The summed E-state index contributed by atoms with van der Waals surface area (Å²) in [4.78, 5) is 6.61. The molecule has 0 aliphatic rings. The largest absolute Gasteiger partial charge is 0.348 e. The van der Waals surface area contributed by atoms with Crippen molar-refractivity contribution in [2.24, 2.45) is 0 Å². The van der Waals surface area contributed by atoms with E-state index in [4.69, 9.17) is 0 Å². The van der Waals surface area contributed by atoms with Crippen molar-refractivity contribution >= 4 is 10.2 Å². The van der Waals surface area contributed by atoms with Gasteiger partial charge in [0.05, 0.1) is 17.8 Å². The summed E-state index contributed by atoms with van der Waals surface area (Å²) in [6.07, 6.45) is 1.57. The Bertz CT molecular complexity index is 357. The second-order valence-electron chi connectivity index (χ2n) is 2.47. The Morgan fingerprint density at radius 3 is 2.75 bits per heavy atom. The van der Waals surface area contributed by atoms with Crippen LogP contribution in [0, 0.1) is 6.92 Å². The summed E-state index contributed by atoms with van der Waals surface area (Å²) in [6.45, 7) is 1.76. The predicted molar refractivity (Wildman–Crippen MR) is 41.9 cm³/mol. The molecule has 0 amide bonds. The number of imidazole rings is 1. The SMILES string of the molecule is Cc1[nH]cnc1CCS(=O)(=O)F. The average molecular weight is 192 g/mol. The number of halogens is 1. The highest BCUT2D eigenvalue weighted by Gasteiger charge is 2.09. The fraction of sp³-hybridized carbons (Fsp3) is 0.500. The second-order valence-corrected chi connectivity index (χ2v) is 3.95. The number of H-pyrrole nitrogens is 1. The van der Waals surface area contributed by atoms with Gasteiger partial charge in [-0.05, 0) is 6.92 Å². The van der Waals surface area contributed by atoms with Gasteiger partial charge in [-0.3, -0.25) is 0 Å². The molecule has 4 nitrogen and oxygen atoms in total. The van der Waals surface area contributed by atoms with Crippen LogP contribution in [-0.4, -0.2) is 24.1 Å². The van der Waals surface area contributed by atoms with Gasteiger partial charge < -0.3 is 4.98 Å². The van der Waals surface area contributed by atoms with E-state index in [1.54, 1.807) is 6.92 Å². The van der Waals surface area contributed by atoms with Crippen molar-refractivity contribution in [3.63, 3.8) is 0 Å². The van der Waals surface area contributed by atoms with Crippen molar-refractivity contribution in [3.05, 3.63) is 17.7 Å². The highest BCUT2D eigenvalue weighted by Crippen LogP contribution is 2.03. The smallest absolute Gasteiger partial charge is 0.302 e. The van der Waals surface area contributed by atoms with E-state index < -0.39 is 16.0 Å². The lowest BCUT2D eigenvalue weighted by molar-refractivity contribution is 0.551. The fourth-order valence-corrected chi connectivity index (χ4v) is 1.29. The van der Waals surface area contributed by atoms with Crippen LogP contribution in [0.25, 0.3) is 0 Å². The number of aromatic nitrogens is 2.